The highest BCUT2D eigenvalue weighted by atomic mass is 35.5. The Morgan fingerprint density at radius 2 is 2.05 bits per heavy atom. The molecule has 118 valence electrons. The molecule has 20 heavy (non-hydrogen) atoms. The fraction of sp³-hybridized carbons (Fsp3) is 0.917. The summed E-state index contributed by atoms with van der Waals surface area (Å²) in [5, 5.41) is 3.12. The minimum absolute atomic E-state index is 0. The average molecular weight is 326 g/mol. The molecular formula is C12H24ClN3O3S. The van der Waals surface area contributed by atoms with Crippen molar-refractivity contribution < 1.29 is 13.2 Å². The van der Waals surface area contributed by atoms with E-state index in [-0.39, 0.29) is 30.3 Å². The van der Waals surface area contributed by atoms with E-state index in [9.17, 15) is 13.2 Å². The van der Waals surface area contributed by atoms with E-state index >= 15 is 0 Å². The van der Waals surface area contributed by atoms with Crippen LogP contribution in [0.1, 0.15) is 25.7 Å². The van der Waals surface area contributed by atoms with Crippen LogP contribution in [0.2, 0.25) is 0 Å². The lowest BCUT2D eigenvalue weighted by atomic mass is 9.94. The molecule has 0 aromatic carbocycles. The molecule has 8 heteroatoms. The van der Waals surface area contributed by atoms with Gasteiger partial charge in [0.05, 0.1) is 12.2 Å². The number of rotatable bonds is 5. The molecule has 2 aliphatic rings. The van der Waals surface area contributed by atoms with Crippen LogP contribution in [0.25, 0.3) is 0 Å². The van der Waals surface area contributed by atoms with Gasteiger partial charge in [0.2, 0.25) is 15.9 Å². The van der Waals surface area contributed by atoms with Crippen LogP contribution in [-0.2, 0) is 14.8 Å². The van der Waals surface area contributed by atoms with Crippen LogP contribution >= 0.6 is 12.4 Å². The molecule has 1 amide bonds. The summed E-state index contributed by atoms with van der Waals surface area (Å²) in [6.07, 6.45) is 5.03. The van der Waals surface area contributed by atoms with Crippen LogP contribution in [-0.4, -0.2) is 57.7 Å². The number of nitrogens with one attached hydrogen (secondary N) is 2. The number of piperidine rings is 1. The van der Waals surface area contributed by atoms with Crippen LogP contribution in [0.15, 0.2) is 0 Å². The number of amides is 1. The second-order valence-corrected chi connectivity index (χ2v) is 7.32. The maximum atomic E-state index is 12.3. The lowest BCUT2D eigenvalue weighted by Crippen LogP contribution is -2.55. The highest BCUT2D eigenvalue weighted by Crippen LogP contribution is 2.22. The van der Waals surface area contributed by atoms with Gasteiger partial charge in [-0.05, 0) is 25.7 Å². The molecule has 1 unspecified atom stereocenters. The summed E-state index contributed by atoms with van der Waals surface area (Å²) >= 11 is 0. The fourth-order valence-corrected chi connectivity index (χ4v) is 3.19. The van der Waals surface area contributed by atoms with Crippen LogP contribution < -0.4 is 10.0 Å². The Labute approximate surface area is 127 Å². The molecule has 2 N–H and O–H groups in total. The summed E-state index contributed by atoms with van der Waals surface area (Å²) in [5.74, 6) is 0.367. The molecule has 2 saturated heterocycles. The third-order valence-electron chi connectivity index (χ3n) is 3.88. The molecular weight excluding hydrogens is 302 g/mol. The van der Waals surface area contributed by atoms with Crippen LogP contribution in [0.5, 0.6) is 0 Å². The average Bonchev–Trinajstić information content (AvgIpc) is 2.25. The number of halogens is 1. The molecule has 0 aliphatic carbocycles. The zero-order valence-corrected chi connectivity index (χ0v) is 13.4. The standard InChI is InChI=1S/C12H23N3O3S.ClH/c1-19(17,18)14-6-5-11-4-2-3-7-15(11)12(16)10-8-13-9-10;/h10-11,13-14H,2-9H2,1H3;1H. The molecule has 2 fully saturated rings. The molecule has 0 radical (unpaired) electrons. The van der Waals surface area contributed by atoms with Gasteiger partial charge in [0.1, 0.15) is 0 Å². The normalized spacial score (nSPS) is 23.9. The zero-order valence-electron chi connectivity index (χ0n) is 11.8. The summed E-state index contributed by atoms with van der Waals surface area (Å²) in [7, 11) is -3.14. The SMILES string of the molecule is CS(=O)(=O)NCCC1CCCCN1C(=O)C1CNC1.Cl. The highest BCUT2D eigenvalue weighted by Gasteiger charge is 2.33. The Bertz CT molecular complexity index is 426. The quantitative estimate of drug-likeness (QED) is 0.743. The minimum Gasteiger partial charge on any atom is -0.339 e. The first-order chi connectivity index (χ1) is 8.97. The van der Waals surface area contributed by atoms with Crippen molar-refractivity contribution in [3.8, 4) is 0 Å². The zero-order chi connectivity index (χ0) is 13.9. The maximum Gasteiger partial charge on any atom is 0.228 e. The van der Waals surface area contributed by atoms with E-state index in [1.54, 1.807) is 0 Å². The van der Waals surface area contributed by atoms with Gasteiger partial charge < -0.3 is 10.2 Å². The lowest BCUT2D eigenvalue weighted by molar-refractivity contribution is -0.141. The Balaban J connectivity index is 0.00000200. The van der Waals surface area contributed by atoms with Crippen molar-refractivity contribution in [1.29, 1.82) is 0 Å². The Kier molecular flexibility index (Phi) is 6.71. The lowest BCUT2D eigenvalue weighted by Gasteiger charge is -2.40. The summed E-state index contributed by atoms with van der Waals surface area (Å²) in [6, 6.07) is 0.191. The van der Waals surface area contributed by atoms with Gasteiger partial charge in [-0.25, -0.2) is 13.1 Å². The van der Waals surface area contributed by atoms with Gasteiger partial charge in [-0.2, -0.15) is 0 Å². The van der Waals surface area contributed by atoms with Crippen LogP contribution in [0.4, 0.5) is 0 Å². The summed E-state index contributed by atoms with van der Waals surface area (Å²) in [6.45, 7) is 2.79. The molecule has 0 aromatic heterocycles. The molecule has 0 spiro atoms. The molecule has 1 atom stereocenters. The fourth-order valence-electron chi connectivity index (χ4n) is 2.70. The molecule has 2 aliphatic heterocycles. The molecule has 2 rings (SSSR count). The van der Waals surface area contributed by atoms with Gasteiger partial charge in [-0.1, -0.05) is 0 Å². The molecule has 2 heterocycles. The predicted octanol–water partition coefficient (Wildman–Crippen LogP) is -0.0520. The first kappa shape index (κ1) is 17.7. The van der Waals surface area contributed by atoms with Crippen molar-refractivity contribution in [2.75, 3.05) is 32.4 Å². The van der Waals surface area contributed by atoms with Gasteiger partial charge in [-0.15, -0.1) is 12.4 Å². The van der Waals surface area contributed by atoms with Crippen molar-refractivity contribution in [2.45, 2.75) is 31.7 Å². The molecule has 0 saturated carbocycles. The Hall–Kier alpha value is -0.370. The Morgan fingerprint density at radius 1 is 1.35 bits per heavy atom. The number of sulfonamides is 1. The summed E-state index contributed by atoms with van der Waals surface area (Å²) in [4.78, 5) is 14.3. The van der Waals surface area contributed by atoms with Crippen LogP contribution in [0, 0.1) is 5.92 Å². The summed E-state index contributed by atoms with van der Waals surface area (Å²) in [5.41, 5.74) is 0. The first-order valence-corrected chi connectivity index (χ1v) is 8.82. The molecule has 0 aromatic rings. The van der Waals surface area contributed by atoms with Crippen molar-refractivity contribution >= 4 is 28.3 Å². The monoisotopic (exact) mass is 325 g/mol. The van der Waals surface area contributed by atoms with Crippen molar-refractivity contribution in [2.24, 2.45) is 5.92 Å². The van der Waals surface area contributed by atoms with Crippen molar-refractivity contribution in [1.82, 2.24) is 14.9 Å². The van der Waals surface area contributed by atoms with E-state index in [4.69, 9.17) is 0 Å². The van der Waals surface area contributed by atoms with Gasteiger partial charge in [0.15, 0.2) is 0 Å². The smallest absolute Gasteiger partial charge is 0.228 e. The van der Waals surface area contributed by atoms with E-state index in [0.717, 1.165) is 45.2 Å². The second kappa shape index (κ2) is 7.59. The van der Waals surface area contributed by atoms with Gasteiger partial charge in [0, 0.05) is 32.2 Å². The number of nitrogens with zero attached hydrogens (tertiary/aromatic N) is 1. The van der Waals surface area contributed by atoms with E-state index in [0.29, 0.717) is 13.0 Å². The van der Waals surface area contributed by atoms with Gasteiger partial charge in [-0.3, -0.25) is 4.79 Å². The maximum absolute atomic E-state index is 12.3. The highest BCUT2D eigenvalue weighted by molar-refractivity contribution is 7.88. The summed E-state index contributed by atoms with van der Waals surface area (Å²) < 4.78 is 24.6. The van der Waals surface area contributed by atoms with Crippen molar-refractivity contribution in [3.63, 3.8) is 0 Å². The minimum atomic E-state index is -3.14. The number of hydrogen-bond donors (Lipinski definition) is 2. The third-order valence-corrected chi connectivity index (χ3v) is 4.61. The Morgan fingerprint density at radius 3 is 2.60 bits per heavy atom. The molecule has 6 nitrogen and oxygen atoms in total. The number of carbonyl (C=O) groups excluding carboxylic acids is 1. The van der Waals surface area contributed by atoms with Gasteiger partial charge >= 0.3 is 0 Å². The van der Waals surface area contributed by atoms with E-state index < -0.39 is 10.0 Å². The number of hydrogen-bond acceptors (Lipinski definition) is 4. The largest absolute Gasteiger partial charge is 0.339 e. The third kappa shape index (κ3) is 4.87. The van der Waals surface area contributed by atoms with E-state index in [1.165, 1.54) is 0 Å². The van der Waals surface area contributed by atoms with E-state index in [2.05, 4.69) is 10.0 Å². The predicted molar refractivity (Wildman–Crippen MR) is 80.4 cm³/mol. The number of carbonyl (C=O) groups is 1. The second-order valence-electron chi connectivity index (χ2n) is 5.49. The van der Waals surface area contributed by atoms with Gasteiger partial charge in [0.25, 0.3) is 0 Å². The van der Waals surface area contributed by atoms with Crippen molar-refractivity contribution in [3.05, 3.63) is 0 Å². The van der Waals surface area contributed by atoms with Crippen LogP contribution in [0.3, 0.4) is 0 Å². The topological polar surface area (TPSA) is 78.5 Å². The number of likely N-dealkylation sites (tertiary alicyclic amines) is 1. The first-order valence-electron chi connectivity index (χ1n) is 6.93. The van der Waals surface area contributed by atoms with E-state index in [1.807, 2.05) is 4.90 Å². The molecule has 0 bridgehead atoms.